The largest absolute Gasteiger partial charge is 0.383 e. The molecule has 0 aliphatic carbocycles. The topological polar surface area (TPSA) is 75.7 Å². The van der Waals surface area contributed by atoms with E-state index >= 15 is 0 Å². The van der Waals surface area contributed by atoms with E-state index in [0.29, 0.717) is 13.0 Å². The number of nitrogens with one attached hydrogen (secondary N) is 1. The van der Waals surface area contributed by atoms with E-state index in [9.17, 15) is 17.6 Å². The third-order valence-electron chi connectivity index (χ3n) is 3.37. The lowest BCUT2D eigenvalue weighted by Gasteiger charge is -2.34. The molecule has 0 bridgehead atoms. The van der Waals surface area contributed by atoms with Crippen LogP contribution in [0.4, 0.5) is 4.39 Å². The molecule has 1 fully saturated rings. The highest BCUT2D eigenvalue weighted by Crippen LogP contribution is 2.28. The molecule has 0 unspecified atom stereocenters. The first-order valence-electron chi connectivity index (χ1n) is 6.79. The molecule has 1 aliphatic rings. The zero-order chi connectivity index (χ0) is 15.2. The van der Waals surface area contributed by atoms with Crippen molar-refractivity contribution < 1.29 is 22.3 Å². The van der Waals surface area contributed by atoms with Gasteiger partial charge in [-0.2, -0.15) is 0 Å². The summed E-state index contributed by atoms with van der Waals surface area (Å²) in [5, 5.41) is 2.47. The molecule has 0 aromatic carbocycles. The minimum atomic E-state index is -3.32. The predicted molar refractivity (Wildman–Crippen MR) is 73.6 cm³/mol. The van der Waals surface area contributed by atoms with Gasteiger partial charge < -0.3 is 10.1 Å². The van der Waals surface area contributed by atoms with Crippen molar-refractivity contribution in [2.24, 2.45) is 0 Å². The molecule has 1 heterocycles. The highest BCUT2D eigenvalue weighted by Gasteiger charge is 2.43. The summed E-state index contributed by atoms with van der Waals surface area (Å²) in [4.78, 5) is 11.8. The Kier molecular flexibility index (Phi) is 6.35. The first-order valence-corrected chi connectivity index (χ1v) is 8.40. The van der Waals surface area contributed by atoms with Crippen molar-refractivity contribution in [1.82, 2.24) is 9.62 Å². The summed E-state index contributed by atoms with van der Waals surface area (Å²) >= 11 is 0. The van der Waals surface area contributed by atoms with E-state index in [-0.39, 0.29) is 38.2 Å². The van der Waals surface area contributed by atoms with Crippen LogP contribution >= 0.6 is 0 Å². The number of carbonyl (C=O) groups excluding carboxylic acids is 1. The highest BCUT2D eigenvalue weighted by atomic mass is 32.2. The Morgan fingerprint density at radius 2 is 2.00 bits per heavy atom. The summed E-state index contributed by atoms with van der Waals surface area (Å²) < 4.78 is 44.2. The highest BCUT2D eigenvalue weighted by molar-refractivity contribution is 7.89. The van der Waals surface area contributed by atoms with Gasteiger partial charge in [0, 0.05) is 39.6 Å². The Hall–Kier alpha value is -0.730. The van der Waals surface area contributed by atoms with Crippen LogP contribution in [0.2, 0.25) is 0 Å². The molecule has 20 heavy (non-hydrogen) atoms. The Morgan fingerprint density at radius 3 is 2.50 bits per heavy atom. The fourth-order valence-electron chi connectivity index (χ4n) is 2.16. The Labute approximate surface area is 119 Å². The fourth-order valence-corrected chi connectivity index (χ4v) is 3.67. The van der Waals surface area contributed by atoms with Gasteiger partial charge in [-0.25, -0.2) is 17.1 Å². The predicted octanol–water partition coefficient (Wildman–Crippen LogP) is 0.293. The van der Waals surface area contributed by atoms with Crippen LogP contribution in [0.1, 0.15) is 26.2 Å². The standard InChI is InChI=1S/C12H23FN2O4S/c1-3-10-20(17,18)15-7-4-12(13,5-8-15)11(16)14-6-9-19-2/h3-10H2,1-2H3,(H,14,16). The smallest absolute Gasteiger partial charge is 0.257 e. The van der Waals surface area contributed by atoms with Gasteiger partial charge in [0.1, 0.15) is 0 Å². The number of alkyl halides is 1. The summed E-state index contributed by atoms with van der Waals surface area (Å²) in [5.74, 6) is -0.617. The maximum Gasteiger partial charge on any atom is 0.257 e. The van der Waals surface area contributed by atoms with Crippen LogP contribution in [0.15, 0.2) is 0 Å². The quantitative estimate of drug-likeness (QED) is 0.686. The second-order valence-electron chi connectivity index (χ2n) is 4.93. The molecule has 0 aromatic heterocycles. The van der Waals surface area contributed by atoms with Gasteiger partial charge >= 0.3 is 0 Å². The third kappa shape index (κ3) is 4.39. The second-order valence-corrected chi connectivity index (χ2v) is 7.02. The number of halogens is 1. The molecule has 0 spiro atoms. The molecule has 8 heteroatoms. The van der Waals surface area contributed by atoms with E-state index in [1.54, 1.807) is 6.92 Å². The van der Waals surface area contributed by atoms with Crippen molar-refractivity contribution >= 4 is 15.9 Å². The monoisotopic (exact) mass is 310 g/mol. The third-order valence-corrected chi connectivity index (χ3v) is 5.45. The van der Waals surface area contributed by atoms with Crippen molar-refractivity contribution in [2.45, 2.75) is 31.9 Å². The summed E-state index contributed by atoms with van der Waals surface area (Å²) in [5.41, 5.74) is -1.98. The van der Waals surface area contributed by atoms with Crippen LogP contribution in [0, 0.1) is 0 Å². The van der Waals surface area contributed by atoms with Gasteiger partial charge in [-0.05, 0) is 6.42 Å². The van der Waals surface area contributed by atoms with Gasteiger partial charge in [-0.1, -0.05) is 6.92 Å². The minimum Gasteiger partial charge on any atom is -0.383 e. The van der Waals surface area contributed by atoms with E-state index in [4.69, 9.17) is 4.74 Å². The Balaban J connectivity index is 2.53. The molecular weight excluding hydrogens is 287 g/mol. The summed E-state index contributed by atoms with van der Waals surface area (Å²) in [6, 6.07) is 0. The van der Waals surface area contributed by atoms with Gasteiger partial charge in [0.2, 0.25) is 10.0 Å². The second kappa shape index (κ2) is 7.33. The lowest BCUT2D eigenvalue weighted by molar-refractivity contribution is -0.135. The molecule has 118 valence electrons. The number of amides is 1. The summed E-state index contributed by atoms with van der Waals surface area (Å²) in [6.07, 6.45) is 0.320. The summed E-state index contributed by atoms with van der Waals surface area (Å²) in [7, 11) is -1.82. The van der Waals surface area contributed by atoms with Crippen molar-refractivity contribution in [3.05, 3.63) is 0 Å². The molecule has 1 aliphatic heterocycles. The number of ether oxygens (including phenoxy) is 1. The normalized spacial score (nSPS) is 19.8. The lowest BCUT2D eigenvalue weighted by atomic mass is 9.93. The molecule has 1 saturated heterocycles. The Morgan fingerprint density at radius 1 is 1.40 bits per heavy atom. The summed E-state index contributed by atoms with van der Waals surface area (Å²) in [6.45, 7) is 2.45. The number of hydrogen-bond donors (Lipinski definition) is 1. The van der Waals surface area contributed by atoms with Crippen LogP contribution < -0.4 is 5.32 Å². The lowest BCUT2D eigenvalue weighted by Crippen LogP contribution is -2.52. The molecule has 1 rings (SSSR count). The van der Waals surface area contributed by atoms with E-state index in [1.807, 2.05) is 0 Å². The van der Waals surface area contributed by atoms with E-state index in [0.717, 1.165) is 0 Å². The zero-order valence-corrected chi connectivity index (χ0v) is 12.8. The molecule has 1 N–H and O–H groups in total. The molecule has 0 radical (unpaired) electrons. The van der Waals surface area contributed by atoms with Crippen LogP contribution in [-0.4, -0.2) is 63.4 Å². The maximum absolute atomic E-state index is 14.5. The fraction of sp³-hybridized carbons (Fsp3) is 0.917. The van der Waals surface area contributed by atoms with Crippen LogP contribution in [0.5, 0.6) is 0 Å². The number of rotatable bonds is 7. The van der Waals surface area contributed by atoms with E-state index < -0.39 is 21.6 Å². The van der Waals surface area contributed by atoms with Gasteiger partial charge in [-0.3, -0.25) is 4.79 Å². The molecule has 0 atom stereocenters. The van der Waals surface area contributed by atoms with E-state index in [2.05, 4.69) is 5.32 Å². The zero-order valence-electron chi connectivity index (χ0n) is 12.0. The minimum absolute atomic E-state index is 0.0521. The van der Waals surface area contributed by atoms with Crippen molar-refractivity contribution in [2.75, 3.05) is 39.1 Å². The molecular formula is C12H23FN2O4S. The average Bonchev–Trinajstić information content (AvgIpc) is 2.39. The number of methoxy groups -OCH3 is 1. The number of carbonyl (C=O) groups is 1. The number of piperidine rings is 1. The molecule has 0 aromatic rings. The van der Waals surface area contributed by atoms with E-state index in [1.165, 1.54) is 11.4 Å². The van der Waals surface area contributed by atoms with Crippen LogP contribution in [0.3, 0.4) is 0 Å². The first-order chi connectivity index (χ1) is 9.35. The average molecular weight is 310 g/mol. The molecule has 0 saturated carbocycles. The van der Waals surface area contributed by atoms with Gasteiger partial charge in [0.05, 0.1) is 12.4 Å². The number of hydrogen-bond acceptors (Lipinski definition) is 4. The van der Waals surface area contributed by atoms with Crippen LogP contribution in [-0.2, 0) is 19.6 Å². The van der Waals surface area contributed by atoms with Gasteiger partial charge in [-0.15, -0.1) is 0 Å². The SMILES string of the molecule is CCCS(=O)(=O)N1CCC(F)(C(=O)NCCOC)CC1. The molecule has 6 nitrogen and oxygen atoms in total. The molecule has 1 amide bonds. The maximum atomic E-state index is 14.5. The Bertz CT molecular complexity index is 419. The van der Waals surface area contributed by atoms with Crippen molar-refractivity contribution in [3.63, 3.8) is 0 Å². The number of sulfonamides is 1. The van der Waals surface area contributed by atoms with Crippen molar-refractivity contribution in [3.8, 4) is 0 Å². The van der Waals surface area contributed by atoms with Gasteiger partial charge in [0.25, 0.3) is 5.91 Å². The van der Waals surface area contributed by atoms with Gasteiger partial charge in [0.15, 0.2) is 5.67 Å². The van der Waals surface area contributed by atoms with Crippen LogP contribution in [0.25, 0.3) is 0 Å². The van der Waals surface area contributed by atoms with Crippen molar-refractivity contribution in [1.29, 1.82) is 0 Å². The number of nitrogens with zero attached hydrogens (tertiary/aromatic N) is 1. The first kappa shape index (κ1) is 17.3.